The number of rotatable bonds is 4. The van der Waals surface area contributed by atoms with Crippen LogP contribution in [0.15, 0.2) is 68.4 Å². The first-order valence-electron chi connectivity index (χ1n) is 10.0. The summed E-state index contributed by atoms with van der Waals surface area (Å²) in [6.45, 7) is 1.37. The molecule has 32 heavy (non-hydrogen) atoms. The van der Waals surface area contributed by atoms with Crippen LogP contribution in [0.25, 0.3) is 22.9 Å². The highest BCUT2D eigenvalue weighted by Gasteiger charge is 2.34. The van der Waals surface area contributed by atoms with E-state index < -0.39 is 11.7 Å². The average molecular weight is 441 g/mol. The van der Waals surface area contributed by atoms with Crippen LogP contribution >= 0.6 is 0 Å². The molecule has 0 atom stereocenters. The lowest BCUT2D eigenvalue weighted by Crippen LogP contribution is -2.35. The Labute approximate surface area is 180 Å². The fraction of sp³-hybridized carbons (Fsp3) is 0.217. The third-order valence-corrected chi connectivity index (χ3v) is 5.44. The van der Waals surface area contributed by atoms with Gasteiger partial charge in [0.1, 0.15) is 11.5 Å². The Kier molecular flexibility index (Phi) is 4.97. The number of aromatic nitrogens is 2. The van der Waals surface area contributed by atoms with E-state index in [9.17, 15) is 18.0 Å². The zero-order chi connectivity index (χ0) is 22.3. The lowest BCUT2D eigenvalue weighted by molar-refractivity contribution is -0.137. The van der Waals surface area contributed by atoms with E-state index in [4.69, 9.17) is 8.83 Å². The minimum Gasteiger partial charge on any atom is -0.461 e. The number of halogens is 3. The third-order valence-electron chi connectivity index (χ3n) is 5.44. The molecule has 3 aromatic heterocycles. The van der Waals surface area contributed by atoms with Gasteiger partial charge in [-0.05, 0) is 30.3 Å². The van der Waals surface area contributed by atoms with Crippen LogP contribution in [0.4, 0.5) is 13.2 Å². The lowest BCUT2D eigenvalue weighted by Gasteiger charge is -2.26. The molecule has 1 N–H and O–H groups in total. The molecule has 164 valence electrons. The first-order chi connectivity index (χ1) is 15.4. The van der Waals surface area contributed by atoms with Crippen molar-refractivity contribution >= 4 is 0 Å². The summed E-state index contributed by atoms with van der Waals surface area (Å²) in [6.07, 6.45) is -2.39. The highest BCUT2D eigenvalue weighted by atomic mass is 19.4. The highest BCUT2D eigenvalue weighted by Crippen LogP contribution is 2.37. The van der Waals surface area contributed by atoms with Crippen molar-refractivity contribution in [2.24, 2.45) is 0 Å². The van der Waals surface area contributed by atoms with Crippen molar-refractivity contribution in [3.63, 3.8) is 0 Å². The molecule has 9 heteroatoms. The van der Waals surface area contributed by atoms with Gasteiger partial charge in [-0.3, -0.25) is 9.69 Å². The van der Waals surface area contributed by atoms with E-state index >= 15 is 0 Å². The number of aromatic amines is 1. The first kappa shape index (κ1) is 20.3. The van der Waals surface area contributed by atoms with E-state index in [-0.39, 0.29) is 16.9 Å². The largest absolute Gasteiger partial charge is 0.461 e. The predicted molar refractivity (Wildman–Crippen MR) is 110 cm³/mol. The Morgan fingerprint density at radius 1 is 1.06 bits per heavy atom. The van der Waals surface area contributed by atoms with Crippen LogP contribution in [0.1, 0.15) is 22.6 Å². The molecule has 0 bridgehead atoms. The van der Waals surface area contributed by atoms with E-state index in [1.807, 2.05) is 4.90 Å². The summed E-state index contributed by atoms with van der Waals surface area (Å²) in [7, 11) is 0. The molecule has 0 aliphatic carbocycles. The fourth-order valence-corrected chi connectivity index (χ4v) is 3.92. The van der Waals surface area contributed by atoms with Gasteiger partial charge in [0.2, 0.25) is 0 Å². The maximum atomic E-state index is 13.3. The van der Waals surface area contributed by atoms with E-state index in [0.717, 1.165) is 11.8 Å². The van der Waals surface area contributed by atoms with Gasteiger partial charge >= 0.3 is 6.18 Å². The molecule has 1 aliphatic heterocycles. The first-order valence-corrected chi connectivity index (χ1v) is 10.0. The summed E-state index contributed by atoms with van der Waals surface area (Å²) in [6, 6.07) is 12.0. The number of nitrogens with one attached hydrogen (secondary N) is 1. The summed E-state index contributed by atoms with van der Waals surface area (Å²) < 4.78 is 51.0. The number of H-pyrrole nitrogens is 1. The Bertz CT molecular complexity index is 1310. The zero-order valence-corrected chi connectivity index (χ0v) is 16.8. The van der Waals surface area contributed by atoms with Crippen molar-refractivity contribution in [3.05, 3.63) is 87.7 Å². The van der Waals surface area contributed by atoms with Crippen molar-refractivity contribution < 1.29 is 22.0 Å². The van der Waals surface area contributed by atoms with Crippen LogP contribution in [-0.2, 0) is 25.7 Å². The molecule has 5 rings (SSSR count). The number of nitrogens with zero attached hydrogens (tertiary/aromatic N) is 2. The number of furan rings is 2. The summed E-state index contributed by atoms with van der Waals surface area (Å²) in [5.74, 6) is 1.57. The second-order valence-corrected chi connectivity index (χ2v) is 7.59. The molecule has 0 spiro atoms. The second-order valence-electron chi connectivity index (χ2n) is 7.59. The smallest absolute Gasteiger partial charge is 0.417 e. The molecule has 0 amide bonds. The molecule has 0 saturated heterocycles. The normalized spacial score (nSPS) is 14.5. The maximum absolute atomic E-state index is 13.3. The average Bonchev–Trinajstić information content (AvgIpc) is 3.46. The van der Waals surface area contributed by atoms with E-state index in [2.05, 4.69) is 9.97 Å². The molecule has 4 aromatic rings. The molecular weight excluding hydrogens is 423 g/mol. The maximum Gasteiger partial charge on any atom is 0.417 e. The monoisotopic (exact) mass is 441 g/mol. The van der Waals surface area contributed by atoms with Gasteiger partial charge in [-0.2, -0.15) is 13.2 Å². The zero-order valence-electron chi connectivity index (χ0n) is 16.8. The molecule has 0 fully saturated rings. The topological polar surface area (TPSA) is 75.3 Å². The number of hydrogen-bond acceptors (Lipinski definition) is 5. The van der Waals surface area contributed by atoms with Gasteiger partial charge in [0, 0.05) is 25.1 Å². The number of hydrogen-bond donors (Lipinski definition) is 1. The van der Waals surface area contributed by atoms with Crippen LogP contribution in [0.5, 0.6) is 0 Å². The van der Waals surface area contributed by atoms with Crippen molar-refractivity contribution in [2.75, 3.05) is 6.54 Å². The van der Waals surface area contributed by atoms with Crippen molar-refractivity contribution in [3.8, 4) is 22.9 Å². The molecule has 0 radical (unpaired) electrons. The molecule has 1 aromatic carbocycles. The third kappa shape index (κ3) is 3.87. The lowest BCUT2D eigenvalue weighted by atomic mass is 10.1. The Hall–Kier alpha value is -3.59. The molecule has 1 aliphatic rings. The van der Waals surface area contributed by atoms with E-state index in [0.29, 0.717) is 49.0 Å². The molecule has 6 nitrogen and oxygen atoms in total. The van der Waals surface area contributed by atoms with E-state index in [1.165, 1.54) is 18.4 Å². The van der Waals surface area contributed by atoms with Crippen molar-refractivity contribution in [1.29, 1.82) is 0 Å². The molecule has 0 saturated carbocycles. The SMILES string of the molecule is O=c1[nH]c(-c2ccco2)nc2c1CN(Cc1ccc(-c3ccccc3C(F)(F)F)o1)CC2. The van der Waals surface area contributed by atoms with Gasteiger partial charge in [0.25, 0.3) is 5.56 Å². The van der Waals surface area contributed by atoms with Crippen LogP contribution in [0.3, 0.4) is 0 Å². The second kappa shape index (κ2) is 7.83. The Morgan fingerprint density at radius 3 is 2.69 bits per heavy atom. The molecular formula is C23H18F3N3O3. The Balaban J connectivity index is 1.35. The fourth-order valence-electron chi connectivity index (χ4n) is 3.92. The Morgan fingerprint density at radius 2 is 1.91 bits per heavy atom. The molecule has 0 unspecified atom stereocenters. The van der Waals surface area contributed by atoms with Crippen molar-refractivity contribution in [1.82, 2.24) is 14.9 Å². The summed E-state index contributed by atoms with van der Waals surface area (Å²) in [5, 5.41) is 0. The summed E-state index contributed by atoms with van der Waals surface area (Å²) in [4.78, 5) is 21.9. The predicted octanol–water partition coefficient (Wildman–Crippen LogP) is 4.87. The van der Waals surface area contributed by atoms with Crippen LogP contribution < -0.4 is 5.56 Å². The highest BCUT2D eigenvalue weighted by molar-refractivity contribution is 5.63. The summed E-state index contributed by atoms with van der Waals surface area (Å²) in [5.41, 5.74) is 0.320. The van der Waals surface area contributed by atoms with Gasteiger partial charge in [-0.1, -0.05) is 18.2 Å². The molecule has 4 heterocycles. The van der Waals surface area contributed by atoms with Crippen LogP contribution in [0, 0.1) is 0 Å². The van der Waals surface area contributed by atoms with Gasteiger partial charge in [-0.15, -0.1) is 0 Å². The number of fused-ring (bicyclic) bond motifs is 1. The van der Waals surface area contributed by atoms with Crippen LogP contribution in [0.2, 0.25) is 0 Å². The number of alkyl halides is 3. The van der Waals surface area contributed by atoms with E-state index in [1.54, 1.807) is 30.3 Å². The number of benzene rings is 1. The summed E-state index contributed by atoms with van der Waals surface area (Å²) >= 11 is 0. The van der Waals surface area contributed by atoms with Gasteiger partial charge in [0.15, 0.2) is 11.6 Å². The van der Waals surface area contributed by atoms with Gasteiger partial charge < -0.3 is 13.8 Å². The standard InChI is InChI=1S/C23H18F3N3O3/c24-23(25,26)17-5-2-1-4-15(17)19-8-7-14(32-19)12-29-10-9-18-16(13-29)22(30)28-21(27-18)20-6-3-11-31-20/h1-8,11H,9-10,12-13H2,(H,27,28,30). The van der Waals surface area contributed by atoms with Crippen molar-refractivity contribution in [2.45, 2.75) is 25.7 Å². The van der Waals surface area contributed by atoms with Gasteiger partial charge in [-0.25, -0.2) is 4.98 Å². The van der Waals surface area contributed by atoms with Crippen LogP contribution in [-0.4, -0.2) is 21.4 Å². The quantitative estimate of drug-likeness (QED) is 0.489. The minimum absolute atomic E-state index is 0.00124. The van der Waals surface area contributed by atoms with Gasteiger partial charge in [0.05, 0.1) is 29.6 Å². The minimum atomic E-state index is -4.47.